The van der Waals surface area contributed by atoms with Crippen molar-refractivity contribution in [3.63, 3.8) is 0 Å². The SMILES string of the molecule is CC(C)c1ccc(-c2noc(COC(=O)c3ccc(CO)cc3)n2)cc1. The van der Waals surface area contributed by atoms with E-state index in [2.05, 4.69) is 24.0 Å². The highest BCUT2D eigenvalue weighted by atomic mass is 16.6. The summed E-state index contributed by atoms with van der Waals surface area (Å²) < 4.78 is 10.3. The first-order valence-electron chi connectivity index (χ1n) is 8.36. The summed E-state index contributed by atoms with van der Waals surface area (Å²) in [5, 5.41) is 12.9. The predicted octanol–water partition coefficient (Wildman–Crippen LogP) is 3.71. The van der Waals surface area contributed by atoms with Crippen LogP contribution in [0.15, 0.2) is 53.1 Å². The number of aliphatic hydroxyl groups excluding tert-OH is 1. The molecule has 0 fully saturated rings. The van der Waals surface area contributed by atoms with Crippen molar-refractivity contribution in [1.29, 1.82) is 0 Å². The maximum atomic E-state index is 12.0. The van der Waals surface area contributed by atoms with E-state index in [4.69, 9.17) is 14.4 Å². The number of hydrogen-bond donors (Lipinski definition) is 1. The van der Waals surface area contributed by atoms with Gasteiger partial charge in [0.05, 0.1) is 12.2 Å². The minimum absolute atomic E-state index is 0.0712. The van der Waals surface area contributed by atoms with E-state index in [1.807, 2.05) is 24.3 Å². The molecule has 0 amide bonds. The van der Waals surface area contributed by atoms with Crippen molar-refractivity contribution in [3.8, 4) is 11.4 Å². The fraction of sp³-hybridized carbons (Fsp3) is 0.250. The fourth-order valence-electron chi connectivity index (χ4n) is 2.40. The van der Waals surface area contributed by atoms with Crippen LogP contribution in [-0.4, -0.2) is 21.2 Å². The summed E-state index contributed by atoms with van der Waals surface area (Å²) in [5.74, 6) is 0.651. The Morgan fingerprint density at radius 3 is 2.42 bits per heavy atom. The van der Waals surface area contributed by atoms with Gasteiger partial charge in [-0.1, -0.05) is 55.4 Å². The van der Waals surface area contributed by atoms with E-state index >= 15 is 0 Å². The van der Waals surface area contributed by atoms with Crippen molar-refractivity contribution in [1.82, 2.24) is 10.1 Å². The van der Waals surface area contributed by atoms with Gasteiger partial charge >= 0.3 is 5.97 Å². The van der Waals surface area contributed by atoms with Crippen molar-refractivity contribution in [3.05, 3.63) is 71.1 Å². The molecule has 0 radical (unpaired) electrons. The van der Waals surface area contributed by atoms with E-state index in [1.165, 1.54) is 5.56 Å². The number of hydrogen-bond acceptors (Lipinski definition) is 6. The summed E-state index contributed by atoms with van der Waals surface area (Å²) in [6, 6.07) is 14.5. The summed E-state index contributed by atoms with van der Waals surface area (Å²) >= 11 is 0. The van der Waals surface area contributed by atoms with Crippen molar-refractivity contribution >= 4 is 5.97 Å². The molecule has 0 aliphatic carbocycles. The van der Waals surface area contributed by atoms with Crippen LogP contribution >= 0.6 is 0 Å². The molecule has 1 aromatic heterocycles. The van der Waals surface area contributed by atoms with Crippen molar-refractivity contribution in [2.24, 2.45) is 0 Å². The lowest BCUT2D eigenvalue weighted by Gasteiger charge is -2.04. The molecule has 2 aromatic carbocycles. The van der Waals surface area contributed by atoms with Crippen LogP contribution in [0.5, 0.6) is 0 Å². The highest BCUT2D eigenvalue weighted by Gasteiger charge is 2.13. The first kappa shape index (κ1) is 17.8. The van der Waals surface area contributed by atoms with E-state index in [1.54, 1.807) is 24.3 Å². The molecule has 3 rings (SSSR count). The lowest BCUT2D eigenvalue weighted by molar-refractivity contribution is 0.0429. The average Bonchev–Trinajstić information content (AvgIpc) is 3.15. The molecule has 0 aliphatic heterocycles. The van der Waals surface area contributed by atoms with Gasteiger partial charge in [-0.3, -0.25) is 0 Å². The zero-order valence-corrected chi connectivity index (χ0v) is 14.7. The molecule has 0 unspecified atom stereocenters. The number of esters is 1. The third kappa shape index (κ3) is 4.15. The number of carbonyl (C=O) groups is 1. The smallest absolute Gasteiger partial charge is 0.338 e. The molecular weight excluding hydrogens is 332 g/mol. The van der Waals surface area contributed by atoms with Crippen LogP contribution in [0.2, 0.25) is 0 Å². The molecule has 0 spiro atoms. The Morgan fingerprint density at radius 2 is 1.81 bits per heavy atom. The second kappa shape index (κ2) is 7.93. The molecular formula is C20H20N2O4. The lowest BCUT2D eigenvalue weighted by Crippen LogP contribution is -2.05. The van der Waals surface area contributed by atoms with Gasteiger partial charge in [-0.05, 0) is 29.2 Å². The average molecular weight is 352 g/mol. The Hall–Kier alpha value is -2.99. The Balaban J connectivity index is 1.61. The summed E-state index contributed by atoms with van der Waals surface area (Å²) in [5.41, 5.74) is 3.20. The number of benzene rings is 2. The molecule has 6 nitrogen and oxygen atoms in total. The monoisotopic (exact) mass is 352 g/mol. The highest BCUT2D eigenvalue weighted by molar-refractivity contribution is 5.89. The van der Waals surface area contributed by atoms with Gasteiger partial charge in [0.15, 0.2) is 6.61 Å². The van der Waals surface area contributed by atoms with Gasteiger partial charge < -0.3 is 14.4 Å². The molecule has 134 valence electrons. The standard InChI is InChI=1S/C20H20N2O4/c1-13(2)15-7-9-16(10-8-15)19-21-18(26-22-19)12-25-20(24)17-5-3-14(11-23)4-6-17/h3-10,13,23H,11-12H2,1-2H3. The molecule has 0 bridgehead atoms. The third-order valence-corrected chi connectivity index (χ3v) is 4.00. The van der Waals surface area contributed by atoms with Gasteiger partial charge in [-0.2, -0.15) is 4.98 Å². The van der Waals surface area contributed by atoms with E-state index < -0.39 is 5.97 Å². The molecule has 1 heterocycles. The zero-order chi connectivity index (χ0) is 18.5. The van der Waals surface area contributed by atoms with Crippen LogP contribution in [-0.2, 0) is 18.0 Å². The van der Waals surface area contributed by atoms with E-state index in [0.29, 0.717) is 17.3 Å². The third-order valence-electron chi connectivity index (χ3n) is 4.00. The number of aromatic nitrogens is 2. The zero-order valence-electron chi connectivity index (χ0n) is 14.7. The van der Waals surface area contributed by atoms with Crippen LogP contribution in [0.4, 0.5) is 0 Å². The molecule has 0 saturated heterocycles. The Bertz CT molecular complexity index is 868. The van der Waals surface area contributed by atoms with Gasteiger partial charge in [-0.25, -0.2) is 4.79 Å². The van der Waals surface area contributed by atoms with Gasteiger partial charge in [-0.15, -0.1) is 0 Å². The molecule has 1 N–H and O–H groups in total. The van der Waals surface area contributed by atoms with Crippen LogP contribution < -0.4 is 0 Å². The minimum atomic E-state index is -0.490. The number of ether oxygens (including phenoxy) is 1. The largest absolute Gasteiger partial charge is 0.452 e. The maximum absolute atomic E-state index is 12.0. The van der Waals surface area contributed by atoms with Crippen LogP contribution in [0.1, 0.15) is 47.1 Å². The maximum Gasteiger partial charge on any atom is 0.338 e. The topological polar surface area (TPSA) is 85.5 Å². The Kier molecular flexibility index (Phi) is 5.43. The second-order valence-electron chi connectivity index (χ2n) is 6.22. The molecule has 26 heavy (non-hydrogen) atoms. The first-order chi connectivity index (χ1) is 12.6. The van der Waals surface area contributed by atoms with Crippen molar-refractivity contribution in [2.45, 2.75) is 33.0 Å². The van der Waals surface area contributed by atoms with Crippen LogP contribution in [0, 0.1) is 0 Å². The Labute approximate surface area is 151 Å². The molecule has 6 heteroatoms. The summed E-state index contributed by atoms with van der Waals surface area (Å²) in [6.45, 7) is 4.09. The quantitative estimate of drug-likeness (QED) is 0.681. The predicted molar refractivity (Wildman–Crippen MR) is 95.3 cm³/mol. The Morgan fingerprint density at radius 1 is 1.12 bits per heavy atom. The molecule has 0 aliphatic rings. The second-order valence-corrected chi connectivity index (χ2v) is 6.22. The minimum Gasteiger partial charge on any atom is -0.452 e. The highest BCUT2D eigenvalue weighted by Crippen LogP contribution is 2.20. The van der Waals surface area contributed by atoms with Crippen molar-refractivity contribution in [2.75, 3.05) is 0 Å². The number of nitrogens with zero attached hydrogens (tertiary/aromatic N) is 2. The van der Waals surface area contributed by atoms with E-state index in [0.717, 1.165) is 11.1 Å². The first-order valence-corrected chi connectivity index (χ1v) is 8.36. The van der Waals surface area contributed by atoms with Gasteiger partial charge in [0.1, 0.15) is 0 Å². The van der Waals surface area contributed by atoms with E-state index in [9.17, 15) is 4.79 Å². The fourth-order valence-corrected chi connectivity index (χ4v) is 2.40. The summed E-state index contributed by atoms with van der Waals surface area (Å²) in [4.78, 5) is 16.3. The van der Waals surface area contributed by atoms with E-state index in [-0.39, 0.29) is 19.1 Å². The number of aliphatic hydroxyl groups is 1. The number of rotatable bonds is 6. The summed E-state index contributed by atoms with van der Waals surface area (Å²) in [6.07, 6.45) is 0. The normalized spacial score (nSPS) is 10.9. The molecule has 0 atom stereocenters. The van der Waals surface area contributed by atoms with Gasteiger partial charge in [0.2, 0.25) is 5.82 Å². The van der Waals surface area contributed by atoms with Gasteiger partial charge in [0.25, 0.3) is 5.89 Å². The molecule has 3 aromatic rings. The van der Waals surface area contributed by atoms with Crippen molar-refractivity contribution < 1.29 is 19.2 Å². The molecule has 0 saturated carbocycles. The summed E-state index contributed by atoms with van der Waals surface area (Å²) in [7, 11) is 0. The lowest BCUT2D eigenvalue weighted by atomic mass is 10.0. The number of carbonyl (C=O) groups excluding carboxylic acids is 1. The van der Waals surface area contributed by atoms with Crippen LogP contribution in [0.3, 0.4) is 0 Å². The van der Waals surface area contributed by atoms with Crippen LogP contribution in [0.25, 0.3) is 11.4 Å². The van der Waals surface area contributed by atoms with Gasteiger partial charge in [0, 0.05) is 5.56 Å².